The summed E-state index contributed by atoms with van der Waals surface area (Å²) >= 11 is 0. The Morgan fingerprint density at radius 3 is 2.33 bits per heavy atom. The van der Waals surface area contributed by atoms with Crippen LogP contribution in [0.3, 0.4) is 0 Å². The fourth-order valence-electron chi connectivity index (χ4n) is 1.87. The summed E-state index contributed by atoms with van der Waals surface area (Å²) in [6.07, 6.45) is -0.711. The van der Waals surface area contributed by atoms with Gasteiger partial charge in [0.1, 0.15) is 19.0 Å². The Hall–Kier alpha value is -3.35. The normalized spacial score (nSPS) is 9.83. The van der Waals surface area contributed by atoms with E-state index in [9.17, 15) is 9.59 Å². The monoisotopic (exact) mass is 327 g/mol. The van der Waals surface area contributed by atoms with E-state index in [4.69, 9.17) is 15.3 Å². The fraction of sp³-hybridized carbons (Fsp3) is 0.118. The second-order valence-corrected chi connectivity index (χ2v) is 4.89. The molecule has 2 rings (SSSR count). The van der Waals surface area contributed by atoms with Gasteiger partial charge < -0.3 is 15.2 Å². The first-order valence-electron chi connectivity index (χ1n) is 7.17. The van der Waals surface area contributed by atoms with E-state index in [1.165, 1.54) is 0 Å². The van der Waals surface area contributed by atoms with Gasteiger partial charge in [-0.1, -0.05) is 30.3 Å². The summed E-state index contributed by atoms with van der Waals surface area (Å²) < 4.78 is 5.04. The van der Waals surface area contributed by atoms with Crippen molar-refractivity contribution in [3.63, 3.8) is 0 Å². The lowest BCUT2D eigenvalue weighted by Gasteiger charge is -2.09. The highest BCUT2D eigenvalue weighted by molar-refractivity contribution is 6.04. The van der Waals surface area contributed by atoms with Gasteiger partial charge in [-0.3, -0.25) is 15.5 Å². The summed E-state index contributed by atoms with van der Waals surface area (Å²) in [6.45, 7) is -0.0706. The van der Waals surface area contributed by atoms with Crippen molar-refractivity contribution in [2.75, 3.05) is 11.9 Å². The molecule has 0 radical (unpaired) electrons. The molecule has 0 spiro atoms. The molecule has 0 heterocycles. The first-order chi connectivity index (χ1) is 11.5. The molecule has 0 aliphatic heterocycles. The highest BCUT2D eigenvalue weighted by Gasteiger charge is 2.08. The van der Waals surface area contributed by atoms with E-state index in [1.54, 1.807) is 24.3 Å². The minimum Gasteiger partial charge on any atom is -0.480 e. The van der Waals surface area contributed by atoms with Gasteiger partial charge in [0, 0.05) is 11.3 Å². The molecule has 0 aliphatic carbocycles. The number of alkyl carbamates (subject to hydrolysis) is 1. The van der Waals surface area contributed by atoms with Crippen molar-refractivity contribution in [1.29, 1.82) is 5.41 Å². The summed E-state index contributed by atoms with van der Waals surface area (Å²) in [4.78, 5) is 22.2. The number of hydrogen-bond donors (Lipinski definition) is 4. The highest BCUT2D eigenvalue weighted by atomic mass is 16.5. The van der Waals surface area contributed by atoms with Crippen LogP contribution in [0.25, 0.3) is 0 Å². The van der Waals surface area contributed by atoms with E-state index in [2.05, 4.69) is 10.6 Å². The van der Waals surface area contributed by atoms with Crippen molar-refractivity contribution in [1.82, 2.24) is 5.32 Å². The van der Waals surface area contributed by atoms with Crippen molar-refractivity contribution in [3.8, 4) is 0 Å². The predicted octanol–water partition coefficient (Wildman–Crippen LogP) is 2.43. The van der Waals surface area contributed by atoms with Gasteiger partial charge in [0.25, 0.3) is 0 Å². The van der Waals surface area contributed by atoms with Crippen LogP contribution in [0.4, 0.5) is 10.5 Å². The van der Waals surface area contributed by atoms with E-state index in [0.717, 1.165) is 5.56 Å². The van der Waals surface area contributed by atoms with Gasteiger partial charge in [-0.2, -0.15) is 0 Å². The zero-order valence-electron chi connectivity index (χ0n) is 12.8. The molecule has 0 aliphatic rings. The number of carbonyl (C=O) groups excluding carboxylic acids is 1. The van der Waals surface area contributed by atoms with Crippen LogP contribution < -0.4 is 10.6 Å². The average Bonchev–Trinajstić information content (AvgIpc) is 2.59. The van der Waals surface area contributed by atoms with Crippen molar-refractivity contribution in [2.24, 2.45) is 0 Å². The molecule has 7 nitrogen and oxygen atoms in total. The lowest BCUT2D eigenvalue weighted by atomic mass is 10.2. The molecule has 2 aromatic carbocycles. The minimum absolute atomic E-state index is 0.0992. The van der Waals surface area contributed by atoms with Crippen molar-refractivity contribution >= 4 is 23.6 Å². The smallest absolute Gasteiger partial charge is 0.413 e. The van der Waals surface area contributed by atoms with Gasteiger partial charge in [-0.05, 0) is 29.8 Å². The van der Waals surface area contributed by atoms with Gasteiger partial charge in [-0.15, -0.1) is 0 Å². The lowest BCUT2D eigenvalue weighted by molar-refractivity contribution is -0.134. The van der Waals surface area contributed by atoms with E-state index < -0.39 is 12.1 Å². The van der Waals surface area contributed by atoms with E-state index in [1.807, 2.05) is 30.3 Å². The molecule has 0 atom stereocenters. The van der Waals surface area contributed by atoms with Crippen LogP contribution in [-0.2, 0) is 16.1 Å². The molecule has 7 heteroatoms. The summed E-state index contributed by atoms with van der Waals surface area (Å²) in [5.41, 5.74) is 1.95. The van der Waals surface area contributed by atoms with Crippen LogP contribution in [0.15, 0.2) is 54.6 Å². The Balaban J connectivity index is 1.82. The molecule has 0 unspecified atom stereocenters. The van der Waals surface area contributed by atoms with Crippen LogP contribution in [0, 0.1) is 5.41 Å². The first-order valence-corrected chi connectivity index (χ1v) is 7.17. The van der Waals surface area contributed by atoms with Crippen LogP contribution in [-0.4, -0.2) is 29.5 Å². The Morgan fingerprint density at radius 1 is 1.04 bits per heavy atom. The number of aliphatic carboxylic acids is 1. The third-order valence-electron chi connectivity index (χ3n) is 3.06. The molecule has 0 saturated carbocycles. The Kier molecular flexibility index (Phi) is 5.90. The standard InChI is InChI=1S/C17H17N3O4/c18-16(13-6-8-14(9-7-13)19-10-15(21)22)20-17(23)24-11-12-4-2-1-3-5-12/h1-9,19H,10-11H2,(H,21,22)(H2,18,20,23). The third kappa shape index (κ3) is 5.45. The summed E-state index contributed by atoms with van der Waals surface area (Å²) in [7, 11) is 0. The fourth-order valence-corrected chi connectivity index (χ4v) is 1.87. The molecular weight excluding hydrogens is 310 g/mol. The molecular formula is C17H17N3O4. The largest absolute Gasteiger partial charge is 0.480 e. The number of rotatable bonds is 6. The Labute approximate surface area is 138 Å². The molecule has 0 fully saturated rings. The summed E-state index contributed by atoms with van der Waals surface area (Å²) in [5, 5.41) is 21.5. The maximum Gasteiger partial charge on any atom is 0.413 e. The van der Waals surface area contributed by atoms with E-state index >= 15 is 0 Å². The number of carbonyl (C=O) groups is 2. The summed E-state index contributed by atoms with van der Waals surface area (Å²) in [6, 6.07) is 15.7. The Morgan fingerprint density at radius 2 is 1.71 bits per heavy atom. The first kappa shape index (κ1) is 17.0. The van der Waals surface area contributed by atoms with E-state index in [0.29, 0.717) is 11.3 Å². The average molecular weight is 327 g/mol. The van der Waals surface area contributed by atoms with Crippen molar-refractivity contribution in [3.05, 3.63) is 65.7 Å². The molecule has 0 aromatic heterocycles. The topological polar surface area (TPSA) is 112 Å². The minimum atomic E-state index is -0.963. The number of ether oxygens (including phenoxy) is 1. The number of carboxylic acid groups (broad SMARTS) is 1. The van der Waals surface area contributed by atoms with Gasteiger partial charge in [0.2, 0.25) is 0 Å². The molecule has 0 bridgehead atoms. The van der Waals surface area contributed by atoms with Gasteiger partial charge >= 0.3 is 12.1 Å². The van der Waals surface area contributed by atoms with Gasteiger partial charge in [0.15, 0.2) is 0 Å². The van der Waals surface area contributed by atoms with Crippen LogP contribution in [0.1, 0.15) is 11.1 Å². The maximum atomic E-state index is 11.7. The number of nitrogens with one attached hydrogen (secondary N) is 3. The second kappa shape index (κ2) is 8.33. The number of carboxylic acids is 1. The molecule has 124 valence electrons. The summed E-state index contributed by atoms with van der Waals surface area (Å²) in [5.74, 6) is -1.06. The highest BCUT2D eigenvalue weighted by Crippen LogP contribution is 2.09. The Bertz CT molecular complexity index is 714. The molecule has 24 heavy (non-hydrogen) atoms. The van der Waals surface area contributed by atoms with Crippen LogP contribution in [0.5, 0.6) is 0 Å². The predicted molar refractivity (Wildman–Crippen MR) is 89.2 cm³/mol. The number of anilines is 1. The molecule has 1 amide bonds. The zero-order valence-corrected chi connectivity index (χ0v) is 12.8. The SMILES string of the molecule is N=C(NC(=O)OCc1ccccc1)c1ccc(NCC(=O)O)cc1. The third-order valence-corrected chi connectivity index (χ3v) is 3.06. The maximum absolute atomic E-state index is 11.7. The van der Waals surface area contributed by atoms with Crippen LogP contribution in [0.2, 0.25) is 0 Å². The molecule has 2 aromatic rings. The zero-order chi connectivity index (χ0) is 17.4. The van der Waals surface area contributed by atoms with Crippen molar-refractivity contribution in [2.45, 2.75) is 6.61 Å². The van der Waals surface area contributed by atoms with Gasteiger partial charge in [0.05, 0.1) is 0 Å². The number of amides is 1. The number of hydrogen-bond acceptors (Lipinski definition) is 5. The molecule has 4 N–H and O–H groups in total. The lowest BCUT2D eigenvalue weighted by Crippen LogP contribution is -2.30. The molecule has 0 saturated heterocycles. The van der Waals surface area contributed by atoms with Crippen molar-refractivity contribution < 1.29 is 19.4 Å². The number of benzene rings is 2. The van der Waals surface area contributed by atoms with Crippen LogP contribution >= 0.6 is 0 Å². The van der Waals surface area contributed by atoms with Gasteiger partial charge in [-0.25, -0.2) is 4.79 Å². The number of amidine groups is 1. The quantitative estimate of drug-likeness (QED) is 0.481. The van der Waals surface area contributed by atoms with E-state index in [-0.39, 0.29) is 19.0 Å². The second-order valence-electron chi connectivity index (χ2n) is 4.89.